The van der Waals surface area contributed by atoms with Gasteiger partial charge in [0.1, 0.15) is 11.3 Å². The summed E-state index contributed by atoms with van der Waals surface area (Å²) in [5.41, 5.74) is 0.930. The van der Waals surface area contributed by atoms with Crippen LogP contribution in [0.15, 0.2) is 18.2 Å². The maximum Gasteiger partial charge on any atom is 0.342 e. The number of phenols is 1. The summed E-state index contributed by atoms with van der Waals surface area (Å²) in [5, 5.41) is 9.76. The highest BCUT2D eigenvalue weighted by molar-refractivity contribution is 5.94. The van der Waals surface area contributed by atoms with Gasteiger partial charge in [0.25, 0.3) is 5.91 Å². The van der Waals surface area contributed by atoms with Gasteiger partial charge in [-0.25, -0.2) is 4.79 Å². The summed E-state index contributed by atoms with van der Waals surface area (Å²) < 4.78 is 5.07. The second kappa shape index (κ2) is 6.81. The number of phenolic OH excluding ortho intramolecular Hbond substituents is 1. The maximum atomic E-state index is 12.3. The second-order valence-electron chi connectivity index (χ2n) is 6.03. The average Bonchev–Trinajstić information content (AvgIpc) is 2.44. The topological polar surface area (TPSA) is 66.8 Å². The molecule has 1 aliphatic rings. The average molecular weight is 305 g/mol. The molecule has 1 fully saturated rings. The molecule has 5 heteroatoms. The zero-order valence-electron chi connectivity index (χ0n) is 13.3. The van der Waals surface area contributed by atoms with Crippen molar-refractivity contribution in [3.63, 3.8) is 0 Å². The number of carbonyl (C=O) groups is 2. The monoisotopic (exact) mass is 305 g/mol. The molecule has 1 aromatic carbocycles. The van der Waals surface area contributed by atoms with Crippen LogP contribution >= 0.6 is 0 Å². The lowest BCUT2D eigenvalue weighted by Crippen LogP contribution is -2.49. The van der Waals surface area contributed by atoms with Gasteiger partial charge in [-0.05, 0) is 57.7 Å². The van der Waals surface area contributed by atoms with Gasteiger partial charge < -0.3 is 14.7 Å². The van der Waals surface area contributed by atoms with Gasteiger partial charge in [-0.3, -0.25) is 4.79 Å². The van der Waals surface area contributed by atoms with E-state index < -0.39 is 5.97 Å². The third-order valence-electron chi connectivity index (χ3n) is 4.18. The molecule has 0 radical (unpaired) electrons. The Kier molecular flexibility index (Phi) is 5.06. The summed E-state index contributed by atoms with van der Waals surface area (Å²) in [5.74, 6) is -0.986. The van der Waals surface area contributed by atoms with Crippen molar-refractivity contribution in [2.75, 3.05) is 6.61 Å². The molecule has 0 aromatic heterocycles. The lowest BCUT2D eigenvalue weighted by molar-refractivity contribution is -0.140. The van der Waals surface area contributed by atoms with Gasteiger partial charge >= 0.3 is 5.97 Å². The molecule has 1 amide bonds. The Hall–Kier alpha value is -2.04. The number of ether oxygens (including phenoxy) is 1. The lowest BCUT2D eigenvalue weighted by atomic mass is 9.97. The fraction of sp³-hybridized carbons (Fsp3) is 0.529. The van der Waals surface area contributed by atoms with Gasteiger partial charge in [0.05, 0.1) is 0 Å². The number of rotatable bonds is 3. The van der Waals surface area contributed by atoms with Crippen LogP contribution in [0.25, 0.3) is 0 Å². The van der Waals surface area contributed by atoms with Crippen molar-refractivity contribution in [1.82, 2.24) is 4.90 Å². The summed E-state index contributed by atoms with van der Waals surface area (Å²) in [6.07, 6.45) is 3.06. The van der Waals surface area contributed by atoms with Crippen LogP contribution in [0.5, 0.6) is 5.75 Å². The number of aryl methyl sites for hydroxylation is 1. The Morgan fingerprint density at radius 1 is 1.27 bits per heavy atom. The molecule has 0 unspecified atom stereocenters. The molecule has 1 saturated heterocycles. The molecule has 2 rings (SSSR count). The SMILES string of the molecule is Cc1ccc(C(=O)OCC(=O)N2[C@H](C)CCC[C@H]2C)c(O)c1. The third kappa shape index (κ3) is 3.59. The third-order valence-corrected chi connectivity index (χ3v) is 4.18. The zero-order valence-corrected chi connectivity index (χ0v) is 13.3. The van der Waals surface area contributed by atoms with Crippen molar-refractivity contribution in [3.8, 4) is 5.75 Å². The number of hydrogen-bond acceptors (Lipinski definition) is 4. The van der Waals surface area contributed by atoms with Crippen molar-refractivity contribution < 1.29 is 19.4 Å². The minimum Gasteiger partial charge on any atom is -0.507 e. The summed E-state index contributed by atoms with van der Waals surface area (Å²) >= 11 is 0. The molecule has 1 aromatic rings. The van der Waals surface area contributed by atoms with Crippen LogP contribution in [0, 0.1) is 6.92 Å². The predicted molar refractivity (Wildman–Crippen MR) is 82.7 cm³/mol. The number of benzene rings is 1. The Morgan fingerprint density at radius 3 is 2.50 bits per heavy atom. The van der Waals surface area contributed by atoms with Crippen LogP contribution in [0.4, 0.5) is 0 Å². The maximum absolute atomic E-state index is 12.3. The Balaban J connectivity index is 1.97. The summed E-state index contributed by atoms with van der Waals surface area (Å²) in [6.45, 7) is 5.56. The Bertz CT molecular complexity index is 560. The van der Waals surface area contributed by atoms with Gasteiger partial charge in [-0.2, -0.15) is 0 Å². The molecule has 1 heterocycles. The van der Waals surface area contributed by atoms with E-state index in [-0.39, 0.29) is 35.9 Å². The summed E-state index contributed by atoms with van der Waals surface area (Å²) in [6, 6.07) is 5.05. The van der Waals surface area contributed by atoms with Gasteiger partial charge in [0.2, 0.25) is 0 Å². The van der Waals surface area contributed by atoms with E-state index in [0.717, 1.165) is 24.8 Å². The first kappa shape index (κ1) is 16.3. The molecule has 1 aliphatic heterocycles. The normalized spacial score (nSPS) is 21.5. The first-order chi connectivity index (χ1) is 10.4. The van der Waals surface area contributed by atoms with Crippen LogP contribution in [0.1, 0.15) is 49.0 Å². The molecular weight excluding hydrogens is 282 g/mol. The van der Waals surface area contributed by atoms with Gasteiger partial charge in [0, 0.05) is 12.1 Å². The van der Waals surface area contributed by atoms with Crippen molar-refractivity contribution in [3.05, 3.63) is 29.3 Å². The first-order valence-corrected chi connectivity index (χ1v) is 7.68. The standard InChI is InChI=1S/C17H23NO4/c1-11-7-8-14(15(19)9-11)17(21)22-10-16(20)18-12(2)5-4-6-13(18)3/h7-9,12-13,19H,4-6,10H2,1-3H3/t12-,13-/m1/s1. The highest BCUT2D eigenvalue weighted by atomic mass is 16.5. The van der Waals surface area contributed by atoms with Crippen LogP contribution in [-0.2, 0) is 9.53 Å². The molecule has 5 nitrogen and oxygen atoms in total. The van der Waals surface area contributed by atoms with Crippen molar-refractivity contribution in [1.29, 1.82) is 0 Å². The largest absolute Gasteiger partial charge is 0.507 e. The number of esters is 1. The van der Waals surface area contributed by atoms with E-state index in [1.54, 1.807) is 11.0 Å². The van der Waals surface area contributed by atoms with E-state index in [2.05, 4.69) is 0 Å². The minimum atomic E-state index is -0.678. The van der Waals surface area contributed by atoms with Gasteiger partial charge in [0.15, 0.2) is 6.61 Å². The number of aromatic hydroxyl groups is 1. The summed E-state index contributed by atoms with van der Waals surface area (Å²) in [7, 11) is 0. The molecule has 0 spiro atoms. The molecule has 0 aliphatic carbocycles. The zero-order chi connectivity index (χ0) is 16.3. The van der Waals surface area contributed by atoms with Crippen LogP contribution in [0.2, 0.25) is 0 Å². The molecule has 22 heavy (non-hydrogen) atoms. The smallest absolute Gasteiger partial charge is 0.342 e. The molecule has 2 atom stereocenters. The number of carbonyl (C=O) groups excluding carboxylic acids is 2. The van der Waals surface area contributed by atoms with E-state index in [1.807, 2.05) is 20.8 Å². The Labute approximate surface area is 130 Å². The number of piperidine rings is 1. The highest BCUT2D eigenvalue weighted by Crippen LogP contribution is 2.23. The predicted octanol–water partition coefficient (Wildman–Crippen LogP) is 2.65. The molecular formula is C17H23NO4. The molecule has 1 N–H and O–H groups in total. The molecule has 0 saturated carbocycles. The van der Waals surface area contributed by atoms with Gasteiger partial charge in [-0.1, -0.05) is 6.07 Å². The van der Waals surface area contributed by atoms with Crippen LogP contribution in [-0.4, -0.2) is 40.6 Å². The number of hydrogen-bond donors (Lipinski definition) is 1. The minimum absolute atomic E-state index is 0.0816. The highest BCUT2D eigenvalue weighted by Gasteiger charge is 2.29. The van der Waals surface area contributed by atoms with Crippen LogP contribution < -0.4 is 0 Å². The quantitative estimate of drug-likeness (QED) is 0.872. The first-order valence-electron chi connectivity index (χ1n) is 7.68. The van der Waals surface area contributed by atoms with E-state index in [9.17, 15) is 14.7 Å². The van der Waals surface area contributed by atoms with Crippen molar-refractivity contribution >= 4 is 11.9 Å². The van der Waals surface area contributed by atoms with E-state index in [4.69, 9.17) is 4.74 Å². The van der Waals surface area contributed by atoms with E-state index >= 15 is 0 Å². The summed E-state index contributed by atoms with van der Waals surface area (Å²) in [4.78, 5) is 26.1. The van der Waals surface area contributed by atoms with Crippen LogP contribution in [0.3, 0.4) is 0 Å². The number of likely N-dealkylation sites (tertiary alicyclic amines) is 1. The van der Waals surface area contributed by atoms with Gasteiger partial charge in [-0.15, -0.1) is 0 Å². The molecule has 120 valence electrons. The second-order valence-corrected chi connectivity index (χ2v) is 6.03. The lowest BCUT2D eigenvalue weighted by Gasteiger charge is -2.38. The van der Waals surface area contributed by atoms with E-state index in [0.29, 0.717) is 0 Å². The van der Waals surface area contributed by atoms with E-state index in [1.165, 1.54) is 12.1 Å². The van der Waals surface area contributed by atoms with Crippen molar-refractivity contribution in [2.24, 2.45) is 0 Å². The fourth-order valence-electron chi connectivity index (χ4n) is 3.01. The fourth-order valence-corrected chi connectivity index (χ4v) is 3.01. The number of nitrogens with zero attached hydrogens (tertiary/aromatic N) is 1. The molecule has 0 bridgehead atoms. The number of amides is 1. The van der Waals surface area contributed by atoms with Crippen molar-refractivity contribution in [2.45, 2.75) is 52.1 Å². The Morgan fingerprint density at radius 2 is 1.91 bits per heavy atom.